The van der Waals surface area contributed by atoms with Gasteiger partial charge in [-0.2, -0.15) is 0 Å². The zero-order chi connectivity index (χ0) is 15.1. The molecule has 112 valence electrons. The first-order chi connectivity index (χ1) is 9.47. The highest BCUT2D eigenvalue weighted by Crippen LogP contribution is 2.14. The lowest BCUT2D eigenvalue weighted by Gasteiger charge is -2.23. The van der Waals surface area contributed by atoms with Crippen LogP contribution in [0.5, 0.6) is 0 Å². The van der Waals surface area contributed by atoms with Gasteiger partial charge in [0.15, 0.2) is 5.78 Å². The number of nitrogens with zero attached hydrogens (tertiary/aromatic N) is 1. The second-order valence-corrected chi connectivity index (χ2v) is 5.60. The van der Waals surface area contributed by atoms with E-state index < -0.39 is 0 Å². The number of benzene rings is 1. The number of carbonyl (C=O) groups is 1. The number of aliphatic hydroxyl groups is 1. The lowest BCUT2D eigenvalue weighted by molar-refractivity contribution is 0.0866. The molecule has 0 spiro atoms. The number of aryl methyl sites for hydroxylation is 2. The molecule has 0 radical (unpaired) electrons. The topological polar surface area (TPSA) is 40.5 Å². The third kappa shape index (κ3) is 4.73. The van der Waals surface area contributed by atoms with E-state index in [1.165, 1.54) is 5.56 Å². The van der Waals surface area contributed by atoms with E-state index in [2.05, 4.69) is 11.8 Å². The lowest BCUT2D eigenvalue weighted by Crippen LogP contribution is -2.36. The van der Waals surface area contributed by atoms with E-state index in [1.54, 1.807) is 0 Å². The number of carbonyl (C=O) groups excluding carboxylic acids is 1. The van der Waals surface area contributed by atoms with Crippen molar-refractivity contribution in [1.29, 1.82) is 0 Å². The molecule has 0 saturated heterocycles. The van der Waals surface area contributed by atoms with Gasteiger partial charge in [0.2, 0.25) is 0 Å². The van der Waals surface area contributed by atoms with Crippen molar-refractivity contribution in [3.8, 4) is 0 Å². The summed E-state index contributed by atoms with van der Waals surface area (Å²) in [4.78, 5) is 14.5. The first-order valence-corrected chi connectivity index (χ1v) is 7.40. The normalized spacial score (nSPS) is 12.7. The Balaban J connectivity index is 2.58. The molecule has 1 aromatic carbocycles. The quantitative estimate of drug-likeness (QED) is 0.586. The molecule has 1 unspecified atom stereocenters. The summed E-state index contributed by atoms with van der Waals surface area (Å²) in [6.45, 7) is 7.19. The Kier molecular flexibility index (Phi) is 6.89. The second-order valence-electron chi connectivity index (χ2n) is 5.60. The molecular formula is C17H27NO2. The predicted molar refractivity (Wildman–Crippen MR) is 83.3 cm³/mol. The summed E-state index contributed by atoms with van der Waals surface area (Å²) in [7, 11) is 1.99. The molecule has 20 heavy (non-hydrogen) atoms. The maximum absolute atomic E-state index is 12.5. The molecular weight excluding hydrogens is 250 g/mol. The van der Waals surface area contributed by atoms with Crippen LogP contribution in [0, 0.1) is 13.8 Å². The van der Waals surface area contributed by atoms with Crippen molar-refractivity contribution >= 4 is 5.78 Å². The van der Waals surface area contributed by atoms with Crippen molar-refractivity contribution in [2.75, 3.05) is 20.2 Å². The van der Waals surface area contributed by atoms with E-state index in [4.69, 9.17) is 5.11 Å². The molecule has 3 heteroatoms. The van der Waals surface area contributed by atoms with Crippen molar-refractivity contribution in [1.82, 2.24) is 4.90 Å². The Labute approximate surface area is 122 Å². The monoisotopic (exact) mass is 277 g/mol. The summed E-state index contributed by atoms with van der Waals surface area (Å²) in [6, 6.07) is 5.80. The van der Waals surface area contributed by atoms with Gasteiger partial charge >= 0.3 is 0 Å². The molecule has 0 aliphatic heterocycles. The average molecular weight is 277 g/mol. The van der Waals surface area contributed by atoms with Crippen LogP contribution in [0.1, 0.15) is 47.7 Å². The Morgan fingerprint density at radius 1 is 1.20 bits per heavy atom. The van der Waals surface area contributed by atoms with Gasteiger partial charge in [0.05, 0.1) is 6.04 Å². The Morgan fingerprint density at radius 3 is 2.50 bits per heavy atom. The number of aliphatic hydroxyl groups excluding tert-OH is 1. The van der Waals surface area contributed by atoms with Crippen LogP contribution in [-0.4, -0.2) is 42.0 Å². The summed E-state index contributed by atoms with van der Waals surface area (Å²) in [5, 5.41) is 8.76. The van der Waals surface area contributed by atoms with Gasteiger partial charge < -0.3 is 5.11 Å². The zero-order valence-corrected chi connectivity index (χ0v) is 13.1. The fourth-order valence-corrected chi connectivity index (χ4v) is 2.18. The van der Waals surface area contributed by atoms with Gasteiger partial charge in [-0.05, 0) is 70.8 Å². The largest absolute Gasteiger partial charge is 0.396 e. The average Bonchev–Trinajstić information content (AvgIpc) is 2.44. The third-order valence-electron chi connectivity index (χ3n) is 4.00. The highest BCUT2D eigenvalue weighted by molar-refractivity contribution is 6.00. The van der Waals surface area contributed by atoms with E-state index >= 15 is 0 Å². The minimum Gasteiger partial charge on any atom is -0.396 e. The highest BCUT2D eigenvalue weighted by atomic mass is 16.2. The molecule has 0 aliphatic carbocycles. The molecule has 1 aromatic rings. The van der Waals surface area contributed by atoms with Crippen molar-refractivity contribution in [2.45, 2.75) is 46.1 Å². The second kappa shape index (κ2) is 8.18. The van der Waals surface area contributed by atoms with Crippen LogP contribution in [0.2, 0.25) is 0 Å². The molecule has 0 aromatic heterocycles. The minimum atomic E-state index is -0.105. The lowest BCUT2D eigenvalue weighted by atomic mass is 9.99. The zero-order valence-electron chi connectivity index (χ0n) is 13.1. The molecule has 0 amide bonds. The number of Topliss-reactive ketones (excluding diaryl/α,β-unsaturated/α-hetero) is 1. The number of hydrogen-bond acceptors (Lipinski definition) is 3. The first kappa shape index (κ1) is 16.9. The van der Waals surface area contributed by atoms with Crippen LogP contribution in [0.25, 0.3) is 0 Å². The maximum Gasteiger partial charge on any atom is 0.179 e. The van der Waals surface area contributed by atoms with E-state index in [0.29, 0.717) is 0 Å². The molecule has 1 atom stereocenters. The predicted octanol–water partition coefficient (Wildman–Crippen LogP) is 2.97. The van der Waals surface area contributed by atoms with Gasteiger partial charge in [0.1, 0.15) is 0 Å². The SMILES string of the molecule is Cc1ccc(C(=O)C(C)N(C)CCCCCO)cc1C. The minimum absolute atomic E-state index is 0.105. The summed E-state index contributed by atoms with van der Waals surface area (Å²) >= 11 is 0. The third-order valence-corrected chi connectivity index (χ3v) is 4.00. The van der Waals surface area contributed by atoms with E-state index in [-0.39, 0.29) is 18.4 Å². The van der Waals surface area contributed by atoms with Crippen LogP contribution in [-0.2, 0) is 0 Å². The Bertz CT molecular complexity index is 443. The fraction of sp³-hybridized carbons (Fsp3) is 0.588. The van der Waals surface area contributed by atoms with E-state index in [1.807, 2.05) is 39.1 Å². The fourth-order valence-electron chi connectivity index (χ4n) is 2.18. The molecule has 3 nitrogen and oxygen atoms in total. The van der Waals surface area contributed by atoms with E-state index in [9.17, 15) is 4.79 Å². The maximum atomic E-state index is 12.5. The van der Waals surface area contributed by atoms with Crippen LogP contribution in [0.4, 0.5) is 0 Å². The molecule has 0 bridgehead atoms. The molecule has 1 rings (SSSR count). The van der Waals surface area contributed by atoms with Crippen LogP contribution in [0.3, 0.4) is 0 Å². The van der Waals surface area contributed by atoms with Crippen molar-refractivity contribution in [2.24, 2.45) is 0 Å². The van der Waals surface area contributed by atoms with Crippen molar-refractivity contribution in [3.05, 3.63) is 34.9 Å². The van der Waals surface area contributed by atoms with E-state index in [0.717, 1.165) is 36.9 Å². The molecule has 0 fully saturated rings. The summed E-state index contributed by atoms with van der Waals surface area (Å²) in [5.74, 6) is 0.178. The molecule has 0 heterocycles. The Morgan fingerprint density at radius 2 is 1.90 bits per heavy atom. The number of rotatable bonds is 8. The number of ketones is 1. The number of hydrogen-bond donors (Lipinski definition) is 1. The molecule has 1 N–H and O–H groups in total. The smallest absolute Gasteiger partial charge is 0.179 e. The van der Waals surface area contributed by atoms with Gasteiger partial charge in [-0.15, -0.1) is 0 Å². The van der Waals surface area contributed by atoms with Crippen LogP contribution >= 0.6 is 0 Å². The molecule has 0 aliphatic rings. The standard InChI is InChI=1S/C17H27NO2/c1-13-8-9-16(12-14(13)2)17(20)15(3)18(4)10-6-5-7-11-19/h8-9,12,15,19H,5-7,10-11H2,1-4H3. The van der Waals surface area contributed by atoms with Crippen molar-refractivity contribution < 1.29 is 9.90 Å². The summed E-state index contributed by atoms with van der Waals surface area (Å²) in [5.41, 5.74) is 3.17. The van der Waals surface area contributed by atoms with Gasteiger partial charge in [-0.3, -0.25) is 9.69 Å². The van der Waals surface area contributed by atoms with Gasteiger partial charge in [-0.1, -0.05) is 12.1 Å². The van der Waals surface area contributed by atoms with Gasteiger partial charge in [-0.25, -0.2) is 0 Å². The first-order valence-electron chi connectivity index (χ1n) is 7.40. The van der Waals surface area contributed by atoms with Gasteiger partial charge in [0, 0.05) is 12.2 Å². The highest BCUT2D eigenvalue weighted by Gasteiger charge is 2.19. The Hall–Kier alpha value is -1.19. The van der Waals surface area contributed by atoms with Gasteiger partial charge in [0.25, 0.3) is 0 Å². The van der Waals surface area contributed by atoms with Crippen molar-refractivity contribution in [3.63, 3.8) is 0 Å². The summed E-state index contributed by atoms with van der Waals surface area (Å²) in [6.07, 6.45) is 2.86. The van der Waals surface area contributed by atoms with Crippen LogP contribution < -0.4 is 0 Å². The number of likely N-dealkylation sites (N-methyl/N-ethyl adjacent to an activating group) is 1. The number of unbranched alkanes of at least 4 members (excludes halogenated alkanes) is 2. The molecule has 0 saturated carbocycles. The summed E-state index contributed by atoms with van der Waals surface area (Å²) < 4.78 is 0. The van der Waals surface area contributed by atoms with Crippen LogP contribution in [0.15, 0.2) is 18.2 Å².